The quantitative estimate of drug-likeness (QED) is 0.769. The van der Waals surface area contributed by atoms with Gasteiger partial charge in [0.05, 0.1) is 16.8 Å². The summed E-state index contributed by atoms with van der Waals surface area (Å²) in [5, 5.41) is 7.78. The summed E-state index contributed by atoms with van der Waals surface area (Å²) in [6.07, 6.45) is 1.32. The summed E-state index contributed by atoms with van der Waals surface area (Å²) < 4.78 is 5.84. The van der Waals surface area contributed by atoms with Crippen molar-refractivity contribution in [2.75, 3.05) is 5.32 Å². The maximum atomic E-state index is 4.66. The number of nitrogens with one attached hydrogen (secondary N) is 1. The zero-order valence-electron chi connectivity index (χ0n) is 9.17. The minimum Gasteiger partial charge on any atom is -0.354 e. The molecule has 0 fully saturated rings. The zero-order chi connectivity index (χ0) is 11.7. The Bertz CT molecular complexity index is 632. The average Bonchev–Trinajstić information content (AvgIpc) is 2.94. The number of benzene rings is 1. The Morgan fingerprint density at radius 3 is 3.18 bits per heavy atom. The van der Waals surface area contributed by atoms with Gasteiger partial charge < -0.3 is 9.84 Å². The van der Waals surface area contributed by atoms with Gasteiger partial charge in [0.1, 0.15) is 0 Å². The molecule has 0 bridgehead atoms. The molecule has 3 aromatic rings. The second-order valence-corrected chi connectivity index (χ2v) is 4.72. The van der Waals surface area contributed by atoms with Crippen molar-refractivity contribution in [1.29, 1.82) is 0 Å². The largest absolute Gasteiger partial charge is 0.354 e. The van der Waals surface area contributed by atoms with Crippen LogP contribution in [0, 0.1) is 6.92 Å². The highest BCUT2D eigenvalue weighted by Crippen LogP contribution is 2.26. The van der Waals surface area contributed by atoms with Gasteiger partial charge in [-0.05, 0) is 24.6 Å². The number of aromatic nitrogens is 3. The van der Waals surface area contributed by atoms with Crippen molar-refractivity contribution in [3.05, 3.63) is 36.0 Å². The Hall–Kier alpha value is -1.95. The van der Waals surface area contributed by atoms with Crippen molar-refractivity contribution in [3.63, 3.8) is 0 Å². The summed E-state index contributed by atoms with van der Waals surface area (Å²) in [7, 11) is 0. The van der Waals surface area contributed by atoms with Crippen molar-refractivity contribution in [1.82, 2.24) is 15.1 Å². The van der Waals surface area contributed by atoms with Crippen molar-refractivity contribution >= 4 is 26.7 Å². The van der Waals surface area contributed by atoms with Crippen molar-refractivity contribution < 1.29 is 4.52 Å². The minimum absolute atomic E-state index is 0.523. The molecule has 86 valence electrons. The molecule has 0 atom stereocenters. The van der Waals surface area contributed by atoms with E-state index < -0.39 is 0 Å². The second-order valence-electron chi connectivity index (χ2n) is 3.69. The smallest absolute Gasteiger partial charge is 0.213 e. The van der Waals surface area contributed by atoms with Crippen LogP contribution in [0.3, 0.4) is 0 Å². The molecule has 2 aromatic heterocycles. The number of fused-ring (bicyclic) bond motifs is 1. The molecule has 2 heterocycles. The molecule has 0 radical (unpaired) electrons. The van der Waals surface area contributed by atoms with E-state index in [0.29, 0.717) is 12.4 Å². The van der Waals surface area contributed by atoms with E-state index in [0.717, 1.165) is 10.6 Å². The summed E-state index contributed by atoms with van der Waals surface area (Å²) >= 11 is 1.62. The Balaban J connectivity index is 1.81. The monoisotopic (exact) mass is 246 g/mol. The number of aryl methyl sites for hydroxylation is 1. The Kier molecular flexibility index (Phi) is 2.49. The number of thiazole rings is 1. The maximum absolute atomic E-state index is 4.66. The fraction of sp³-hybridized carbons (Fsp3) is 0.182. The van der Waals surface area contributed by atoms with Gasteiger partial charge >= 0.3 is 0 Å². The van der Waals surface area contributed by atoms with E-state index in [1.54, 1.807) is 11.3 Å². The lowest BCUT2D eigenvalue weighted by molar-refractivity contribution is 0.411. The van der Waals surface area contributed by atoms with Gasteiger partial charge in [0.25, 0.3) is 0 Å². The van der Waals surface area contributed by atoms with Gasteiger partial charge in [-0.25, -0.2) is 4.98 Å². The van der Waals surface area contributed by atoms with Crippen LogP contribution in [0.25, 0.3) is 10.2 Å². The highest BCUT2D eigenvalue weighted by atomic mass is 32.1. The number of nitrogens with zero attached hydrogens (tertiary/aromatic N) is 3. The predicted octanol–water partition coefficient (Wildman–Crippen LogP) is 2.60. The standard InChI is InChI=1S/C11H10N4OS/c1-7-2-3-8-9(4-7)17-11(14-8)12-5-10-13-6-16-15-10/h2-4,6H,5H2,1H3,(H,12,14). The van der Waals surface area contributed by atoms with Crippen LogP contribution in [-0.4, -0.2) is 15.1 Å². The van der Waals surface area contributed by atoms with Crippen LogP contribution in [0.4, 0.5) is 5.13 Å². The summed E-state index contributed by atoms with van der Waals surface area (Å²) in [6.45, 7) is 2.60. The van der Waals surface area contributed by atoms with Crippen LogP contribution in [0.5, 0.6) is 0 Å². The first-order chi connectivity index (χ1) is 8.31. The van der Waals surface area contributed by atoms with Crippen molar-refractivity contribution in [3.8, 4) is 0 Å². The summed E-state index contributed by atoms with van der Waals surface area (Å²) in [5.41, 5.74) is 2.25. The van der Waals surface area contributed by atoms with E-state index in [9.17, 15) is 0 Å². The van der Waals surface area contributed by atoms with Crippen LogP contribution < -0.4 is 5.32 Å². The lowest BCUT2D eigenvalue weighted by Crippen LogP contribution is -2.00. The number of hydrogen-bond acceptors (Lipinski definition) is 6. The molecule has 0 saturated heterocycles. The molecule has 5 nitrogen and oxygen atoms in total. The lowest BCUT2D eigenvalue weighted by atomic mass is 10.2. The summed E-state index contributed by atoms with van der Waals surface area (Å²) in [4.78, 5) is 8.41. The summed E-state index contributed by atoms with van der Waals surface area (Å²) in [6, 6.07) is 6.22. The molecule has 0 spiro atoms. The fourth-order valence-electron chi connectivity index (χ4n) is 1.53. The molecule has 0 aliphatic rings. The van der Waals surface area contributed by atoms with Crippen LogP contribution in [0.2, 0.25) is 0 Å². The normalized spacial score (nSPS) is 10.9. The first-order valence-electron chi connectivity index (χ1n) is 5.17. The van der Waals surface area contributed by atoms with Gasteiger partial charge in [0, 0.05) is 0 Å². The number of hydrogen-bond donors (Lipinski definition) is 1. The Morgan fingerprint density at radius 2 is 2.35 bits per heavy atom. The third kappa shape index (κ3) is 2.12. The first kappa shape index (κ1) is 10.2. The first-order valence-corrected chi connectivity index (χ1v) is 5.99. The predicted molar refractivity (Wildman–Crippen MR) is 66.0 cm³/mol. The fourth-order valence-corrected chi connectivity index (χ4v) is 2.49. The summed E-state index contributed by atoms with van der Waals surface area (Å²) in [5.74, 6) is 0.625. The highest BCUT2D eigenvalue weighted by molar-refractivity contribution is 7.22. The van der Waals surface area contributed by atoms with E-state index in [2.05, 4.69) is 44.0 Å². The van der Waals surface area contributed by atoms with E-state index in [1.807, 2.05) is 6.07 Å². The van der Waals surface area contributed by atoms with E-state index in [-0.39, 0.29) is 0 Å². The molecule has 3 rings (SSSR count). The van der Waals surface area contributed by atoms with Crippen LogP contribution in [0.15, 0.2) is 29.1 Å². The van der Waals surface area contributed by atoms with Crippen molar-refractivity contribution in [2.24, 2.45) is 0 Å². The van der Waals surface area contributed by atoms with Crippen LogP contribution in [-0.2, 0) is 6.54 Å². The number of anilines is 1. The van der Waals surface area contributed by atoms with Gasteiger partial charge in [-0.1, -0.05) is 22.6 Å². The lowest BCUT2D eigenvalue weighted by Gasteiger charge is -1.95. The van der Waals surface area contributed by atoms with Gasteiger partial charge in [-0.2, -0.15) is 4.98 Å². The molecule has 0 aliphatic heterocycles. The van der Waals surface area contributed by atoms with Crippen LogP contribution in [0.1, 0.15) is 11.4 Å². The second kappa shape index (κ2) is 4.14. The average molecular weight is 246 g/mol. The molecular weight excluding hydrogens is 236 g/mol. The maximum Gasteiger partial charge on any atom is 0.213 e. The van der Waals surface area contributed by atoms with Gasteiger partial charge in [-0.15, -0.1) is 0 Å². The third-order valence-corrected chi connectivity index (χ3v) is 3.32. The van der Waals surface area contributed by atoms with Gasteiger partial charge in [0.2, 0.25) is 6.39 Å². The SMILES string of the molecule is Cc1ccc2nc(NCc3ncon3)sc2c1. The van der Waals surface area contributed by atoms with E-state index in [4.69, 9.17) is 0 Å². The third-order valence-electron chi connectivity index (χ3n) is 2.35. The van der Waals surface area contributed by atoms with Crippen LogP contribution >= 0.6 is 11.3 Å². The molecule has 0 amide bonds. The Morgan fingerprint density at radius 1 is 1.41 bits per heavy atom. The molecule has 0 unspecified atom stereocenters. The molecule has 6 heteroatoms. The molecular formula is C11H10N4OS. The Labute approximate surface area is 101 Å². The molecule has 1 aromatic carbocycles. The zero-order valence-corrected chi connectivity index (χ0v) is 9.99. The minimum atomic E-state index is 0.523. The topological polar surface area (TPSA) is 63.8 Å². The van der Waals surface area contributed by atoms with Crippen molar-refractivity contribution in [2.45, 2.75) is 13.5 Å². The molecule has 0 saturated carbocycles. The molecule has 0 aliphatic carbocycles. The molecule has 17 heavy (non-hydrogen) atoms. The van der Waals surface area contributed by atoms with Gasteiger partial charge in [0.15, 0.2) is 11.0 Å². The van der Waals surface area contributed by atoms with E-state index >= 15 is 0 Å². The van der Waals surface area contributed by atoms with Gasteiger partial charge in [-0.3, -0.25) is 0 Å². The highest BCUT2D eigenvalue weighted by Gasteiger charge is 2.04. The number of rotatable bonds is 3. The molecule has 1 N–H and O–H groups in total. The van der Waals surface area contributed by atoms with E-state index in [1.165, 1.54) is 16.7 Å².